The lowest BCUT2D eigenvalue weighted by Crippen LogP contribution is -2.07. The lowest BCUT2D eigenvalue weighted by Gasteiger charge is -2.11. The molecule has 0 aromatic carbocycles. The predicted octanol–water partition coefficient (Wildman–Crippen LogP) is 2.02. The van der Waals surface area contributed by atoms with E-state index in [1.807, 2.05) is 22.6 Å². The van der Waals surface area contributed by atoms with E-state index >= 15 is 0 Å². The third kappa shape index (κ3) is 1.05. The van der Waals surface area contributed by atoms with Crippen LogP contribution in [0.25, 0.3) is 0 Å². The summed E-state index contributed by atoms with van der Waals surface area (Å²) < 4.78 is 13.5. The van der Waals surface area contributed by atoms with Crippen molar-refractivity contribution in [2.75, 3.05) is 0 Å². The number of rotatable bonds is 0. The van der Waals surface area contributed by atoms with Crippen LogP contribution in [0.4, 0.5) is 4.39 Å². The number of allylic oxidation sites excluding steroid dienone is 2. The number of aliphatic imine (C=N–C) groups is 2. The Morgan fingerprint density at radius 2 is 2.27 bits per heavy atom. The molecule has 0 aromatic heterocycles. The lowest BCUT2D eigenvalue weighted by molar-refractivity contribution is 0.671. The van der Waals surface area contributed by atoms with Crippen LogP contribution in [0.1, 0.15) is 0 Å². The second-order valence-electron chi connectivity index (χ2n) is 2.23. The Balaban J connectivity index is 2.48. The average Bonchev–Trinajstić information content (AvgIpc) is 2.45. The maximum Gasteiger partial charge on any atom is 0.166 e. The predicted molar refractivity (Wildman–Crippen MR) is 51.0 cm³/mol. The Morgan fingerprint density at radius 1 is 1.45 bits per heavy atom. The number of halogens is 2. The second kappa shape index (κ2) is 2.51. The third-order valence-corrected chi connectivity index (χ3v) is 2.69. The standard InChI is InChI=1S/C7H4FIN2/c8-5-3-11-7-4(6(5)9)1-2-10-7/h1-3,7H/t7-/m1/s1. The minimum atomic E-state index is -0.265. The van der Waals surface area contributed by atoms with E-state index < -0.39 is 0 Å². The Bertz CT molecular complexity index is 314. The quantitative estimate of drug-likeness (QED) is 0.597. The lowest BCUT2D eigenvalue weighted by atomic mass is 10.2. The fourth-order valence-electron chi connectivity index (χ4n) is 1.01. The maximum absolute atomic E-state index is 12.8. The summed E-state index contributed by atoms with van der Waals surface area (Å²) in [6.45, 7) is 0. The van der Waals surface area contributed by atoms with Gasteiger partial charge < -0.3 is 0 Å². The zero-order valence-corrected chi connectivity index (χ0v) is 7.62. The first-order valence-electron chi connectivity index (χ1n) is 3.11. The van der Waals surface area contributed by atoms with Crippen molar-refractivity contribution >= 4 is 35.0 Å². The largest absolute Gasteiger partial charge is 0.262 e. The molecule has 2 aliphatic heterocycles. The van der Waals surface area contributed by atoms with Crippen molar-refractivity contribution < 1.29 is 4.39 Å². The maximum atomic E-state index is 12.8. The van der Waals surface area contributed by atoms with E-state index in [0.717, 1.165) is 5.57 Å². The Kier molecular flexibility index (Phi) is 1.63. The van der Waals surface area contributed by atoms with Gasteiger partial charge in [0.25, 0.3) is 0 Å². The molecule has 0 saturated heterocycles. The summed E-state index contributed by atoms with van der Waals surface area (Å²) >= 11 is 1.97. The van der Waals surface area contributed by atoms with Gasteiger partial charge in [-0.25, -0.2) is 4.39 Å². The number of fused-ring (bicyclic) bond motifs is 1. The van der Waals surface area contributed by atoms with Gasteiger partial charge in [-0.1, -0.05) is 0 Å². The molecule has 0 amide bonds. The van der Waals surface area contributed by atoms with Gasteiger partial charge in [0.15, 0.2) is 12.0 Å². The second-order valence-corrected chi connectivity index (χ2v) is 3.31. The molecular formula is C7H4FIN2. The molecule has 4 heteroatoms. The first kappa shape index (κ1) is 7.15. The molecular weight excluding hydrogens is 258 g/mol. The fraction of sp³-hybridized carbons (Fsp3) is 0.143. The summed E-state index contributed by atoms with van der Waals surface area (Å²) in [7, 11) is 0. The van der Waals surface area contributed by atoms with Crippen LogP contribution >= 0.6 is 22.6 Å². The van der Waals surface area contributed by atoms with Crippen LogP contribution in [-0.4, -0.2) is 18.6 Å². The van der Waals surface area contributed by atoms with Crippen LogP contribution in [-0.2, 0) is 0 Å². The fourth-order valence-corrected chi connectivity index (χ4v) is 1.60. The van der Waals surface area contributed by atoms with E-state index in [-0.39, 0.29) is 12.0 Å². The van der Waals surface area contributed by atoms with Gasteiger partial charge in [0.1, 0.15) is 0 Å². The molecule has 0 saturated carbocycles. The zero-order valence-electron chi connectivity index (χ0n) is 5.46. The first-order valence-corrected chi connectivity index (χ1v) is 4.19. The minimum Gasteiger partial charge on any atom is -0.262 e. The highest BCUT2D eigenvalue weighted by Crippen LogP contribution is 2.32. The minimum absolute atomic E-state index is 0.179. The molecule has 0 unspecified atom stereocenters. The van der Waals surface area contributed by atoms with Gasteiger partial charge in [0.2, 0.25) is 0 Å². The SMILES string of the molecule is FC1=C(I)C2=CC=N[C@@H]2N=C1. The van der Waals surface area contributed by atoms with E-state index in [4.69, 9.17) is 0 Å². The van der Waals surface area contributed by atoms with E-state index in [1.54, 1.807) is 12.3 Å². The van der Waals surface area contributed by atoms with Crippen LogP contribution in [0.3, 0.4) is 0 Å². The molecule has 56 valence electrons. The molecule has 2 rings (SSSR count). The van der Waals surface area contributed by atoms with Crippen molar-refractivity contribution in [1.29, 1.82) is 0 Å². The molecule has 0 radical (unpaired) electrons. The molecule has 0 fully saturated rings. The molecule has 2 aliphatic rings. The molecule has 0 spiro atoms. The van der Waals surface area contributed by atoms with Gasteiger partial charge in [-0.3, -0.25) is 9.98 Å². The van der Waals surface area contributed by atoms with Gasteiger partial charge >= 0.3 is 0 Å². The summed E-state index contributed by atoms with van der Waals surface area (Å²) in [5.41, 5.74) is 0.866. The van der Waals surface area contributed by atoms with Crippen LogP contribution in [0.2, 0.25) is 0 Å². The van der Waals surface area contributed by atoms with Crippen LogP contribution in [0.15, 0.2) is 31.0 Å². The van der Waals surface area contributed by atoms with Crippen molar-refractivity contribution in [3.8, 4) is 0 Å². The van der Waals surface area contributed by atoms with Gasteiger partial charge in [-0.05, 0) is 28.7 Å². The molecule has 0 aromatic rings. The van der Waals surface area contributed by atoms with E-state index in [1.165, 1.54) is 6.21 Å². The van der Waals surface area contributed by atoms with E-state index in [0.29, 0.717) is 3.58 Å². The van der Waals surface area contributed by atoms with Gasteiger partial charge in [-0.2, -0.15) is 0 Å². The smallest absolute Gasteiger partial charge is 0.166 e. The number of dihydropyridines is 1. The molecule has 2 nitrogen and oxygen atoms in total. The summed E-state index contributed by atoms with van der Waals surface area (Å²) in [6.07, 6.45) is 4.50. The van der Waals surface area contributed by atoms with E-state index in [9.17, 15) is 4.39 Å². The molecule has 0 N–H and O–H groups in total. The van der Waals surface area contributed by atoms with Gasteiger partial charge in [-0.15, -0.1) is 0 Å². The normalized spacial score (nSPS) is 27.5. The third-order valence-electron chi connectivity index (χ3n) is 1.55. The van der Waals surface area contributed by atoms with Crippen LogP contribution in [0, 0.1) is 0 Å². The molecule has 0 bridgehead atoms. The van der Waals surface area contributed by atoms with Crippen molar-refractivity contribution in [3.05, 3.63) is 21.1 Å². The summed E-state index contributed by atoms with van der Waals surface area (Å²) in [6, 6.07) is 0. The number of hydrogen-bond acceptors (Lipinski definition) is 2. The first-order chi connectivity index (χ1) is 5.29. The molecule has 1 atom stereocenters. The number of nitrogens with zero attached hydrogens (tertiary/aromatic N) is 2. The Morgan fingerprint density at radius 3 is 3.09 bits per heavy atom. The Labute approximate surface area is 76.8 Å². The van der Waals surface area contributed by atoms with Crippen LogP contribution < -0.4 is 0 Å². The van der Waals surface area contributed by atoms with Crippen molar-refractivity contribution in [2.45, 2.75) is 6.17 Å². The van der Waals surface area contributed by atoms with Gasteiger partial charge in [0.05, 0.1) is 9.79 Å². The van der Waals surface area contributed by atoms with Gasteiger partial charge in [0, 0.05) is 11.8 Å². The number of hydrogen-bond donors (Lipinski definition) is 0. The summed E-state index contributed by atoms with van der Waals surface area (Å²) in [4.78, 5) is 7.92. The van der Waals surface area contributed by atoms with Crippen molar-refractivity contribution in [3.63, 3.8) is 0 Å². The van der Waals surface area contributed by atoms with Crippen molar-refractivity contribution in [2.24, 2.45) is 9.98 Å². The average molecular weight is 262 g/mol. The Hall–Kier alpha value is -0.520. The highest BCUT2D eigenvalue weighted by Gasteiger charge is 2.22. The zero-order chi connectivity index (χ0) is 7.84. The molecule has 2 heterocycles. The van der Waals surface area contributed by atoms with Crippen LogP contribution in [0.5, 0.6) is 0 Å². The monoisotopic (exact) mass is 262 g/mol. The summed E-state index contributed by atoms with van der Waals surface area (Å²) in [5.74, 6) is -0.265. The van der Waals surface area contributed by atoms with Crippen molar-refractivity contribution in [1.82, 2.24) is 0 Å². The highest BCUT2D eigenvalue weighted by atomic mass is 127. The topological polar surface area (TPSA) is 24.7 Å². The molecule has 0 aliphatic carbocycles. The highest BCUT2D eigenvalue weighted by molar-refractivity contribution is 14.1. The summed E-state index contributed by atoms with van der Waals surface area (Å²) in [5, 5.41) is 0. The molecule has 11 heavy (non-hydrogen) atoms. The van der Waals surface area contributed by atoms with E-state index in [2.05, 4.69) is 9.98 Å².